The Hall–Kier alpha value is -3.46. The number of nitrogens with one attached hydrogen (secondary N) is 2. The first-order valence-electron chi connectivity index (χ1n) is 13.4. The molecular formula is C27H32N6O6S2. The third-order valence-electron chi connectivity index (χ3n) is 6.90. The fraction of sp³-hybridized carbons (Fsp3) is 0.444. The average Bonchev–Trinajstić information content (AvgIpc) is 3.66. The van der Waals surface area contributed by atoms with Crippen molar-refractivity contribution in [3.8, 4) is 0 Å². The molecule has 3 aromatic rings. The minimum absolute atomic E-state index is 0.0773. The van der Waals surface area contributed by atoms with Gasteiger partial charge in [-0.2, -0.15) is 0 Å². The van der Waals surface area contributed by atoms with Gasteiger partial charge in [0.05, 0.1) is 60.9 Å². The number of nitrogens with zero attached hydrogens (tertiary/aromatic N) is 4. The van der Waals surface area contributed by atoms with E-state index in [-0.39, 0.29) is 29.5 Å². The molecule has 2 fully saturated rings. The monoisotopic (exact) mass is 600 g/mol. The van der Waals surface area contributed by atoms with Crippen molar-refractivity contribution in [2.24, 2.45) is 0 Å². The molecule has 0 unspecified atom stereocenters. The first-order chi connectivity index (χ1) is 20.0. The van der Waals surface area contributed by atoms with Gasteiger partial charge in [0.25, 0.3) is 6.20 Å². The molecule has 0 spiro atoms. The molecule has 2 aliphatic rings. The number of carbonyl (C=O) groups is 3. The van der Waals surface area contributed by atoms with Gasteiger partial charge in [0.1, 0.15) is 0 Å². The van der Waals surface area contributed by atoms with Gasteiger partial charge in [-0.3, -0.25) is 24.7 Å². The van der Waals surface area contributed by atoms with Crippen LogP contribution in [0.25, 0.3) is 0 Å². The summed E-state index contributed by atoms with van der Waals surface area (Å²) >= 11 is 3.13. The van der Waals surface area contributed by atoms with Crippen LogP contribution in [-0.2, 0) is 25.5 Å². The van der Waals surface area contributed by atoms with Crippen LogP contribution in [0, 0.1) is 0 Å². The minimum atomic E-state index is -1.33. The summed E-state index contributed by atoms with van der Waals surface area (Å²) in [7, 11) is 0. The Morgan fingerprint density at radius 2 is 1.98 bits per heavy atom. The van der Waals surface area contributed by atoms with E-state index in [2.05, 4.69) is 15.9 Å². The van der Waals surface area contributed by atoms with Gasteiger partial charge in [0.15, 0.2) is 0 Å². The van der Waals surface area contributed by atoms with Crippen LogP contribution in [0.4, 0.5) is 5.88 Å². The number of thioether (sulfide) groups is 1. The van der Waals surface area contributed by atoms with E-state index in [1.54, 1.807) is 34.1 Å². The molecule has 2 N–H and O–H groups in total. The average molecular weight is 601 g/mol. The molecule has 14 heteroatoms. The third kappa shape index (κ3) is 7.85. The van der Waals surface area contributed by atoms with Crippen molar-refractivity contribution < 1.29 is 33.5 Å². The van der Waals surface area contributed by atoms with Crippen LogP contribution in [0.15, 0.2) is 58.6 Å². The molecule has 4 heterocycles. The summed E-state index contributed by atoms with van der Waals surface area (Å²) < 4.78 is 10.7. The first-order valence-corrected chi connectivity index (χ1v) is 15.3. The lowest BCUT2D eigenvalue weighted by molar-refractivity contribution is -0.759. The highest BCUT2D eigenvalue weighted by atomic mass is 32.2. The summed E-state index contributed by atoms with van der Waals surface area (Å²) in [5.41, 5.74) is 1.05. The highest BCUT2D eigenvalue weighted by Crippen LogP contribution is 2.35. The van der Waals surface area contributed by atoms with E-state index in [1.807, 2.05) is 52.9 Å². The molecule has 0 saturated carbocycles. The van der Waals surface area contributed by atoms with Gasteiger partial charge < -0.3 is 19.5 Å². The Labute approximate surface area is 245 Å². The highest BCUT2D eigenvalue weighted by Gasteiger charge is 2.35. The van der Waals surface area contributed by atoms with Crippen LogP contribution >= 0.6 is 23.1 Å². The van der Waals surface area contributed by atoms with Gasteiger partial charge in [-0.1, -0.05) is 36.4 Å². The molecule has 41 heavy (non-hydrogen) atoms. The molecule has 2 aromatic heterocycles. The quantitative estimate of drug-likeness (QED) is 0.288. The number of ether oxygens (including phenoxy) is 1. The number of aliphatic carboxylic acids is 1. The molecular weight excluding hydrogens is 568 g/mol. The SMILES string of the molecule is O=C([O-])CN1C[C@H](c2cccs2)SC[C@@H](N[C@@H](CCc2ccccc2)C(=O)Nc2c[n+](N3CCOCC3)no2)C1=O. The molecule has 2 aliphatic heterocycles. The van der Waals surface area contributed by atoms with Crippen molar-refractivity contribution in [3.05, 3.63) is 64.5 Å². The Bertz CT molecular complexity index is 1300. The number of rotatable bonds is 11. The molecule has 1 aromatic carbocycles. The molecule has 218 valence electrons. The Kier molecular flexibility index (Phi) is 9.88. The molecule has 0 aliphatic carbocycles. The van der Waals surface area contributed by atoms with Crippen LogP contribution in [0.5, 0.6) is 0 Å². The van der Waals surface area contributed by atoms with E-state index in [9.17, 15) is 19.5 Å². The van der Waals surface area contributed by atoms with Crippen LogP contribution in [0.1, 0.15) is 22.1 Å². The standard InChI is InChI=1S/C27H32N6O6S2/c34-25(35)17-31-15-23(22-7-4-14-40-22)41-18-21(27(31)37)28-20(9-8-19-5-2-1-3-6-19)26(36)29-24-16-33(30-39-24)32-10-12-38-13-11-32/h1-7,14,16,20-21,23,28H,8-13,15,17-18H2,(H-,29,30,34,35,36)/t20-,21+,23+/m0/s1. The smallest absolute Gasteiger partial charge is 0.305 e. The van der Waals surface area contributed by atoms with Crippen LogP contribution in [0.2, 0.25) is 0 Å². The maximum absolute atomic E-state index is 13.6. The molecule has 3 atom stereocenters. The van der Waals surface area contributed by atoms with E-state index in [0.717, 1.165) is 10.4 Å². The second-order valence-corrected chi connectivity index (χ2v) is 12.0. The fourth-order valence-electron chi connectivity index (χ4n) is 4.79. The number of anilines is 1. The van der Waals surface area contributed by atoms with Crippen molar-refractivity contribution in [1.82, 2.24) is 15.5 Å². The van der Waals surface area contributed by atoms with Crippen LogP contribution in [-0.4, -0.2) is 85.2 Å². The van der Waals surface area contributed by atoms with Crippen molar-refractivity contribution >= 4 is 46.8 Å². The number of thiophene rings is 1. The maximum Gasteiger partial charge on any atom is 0.305 e. The van der Waals surface area contributed by atoms with Gasteiger partial charge >= 0.3 is 5.88 Å². The Balaban J connectivity index is 1.32. The van der Waals surface area contributed by atoms with Crippen LogP contribution < -0.4 is 25.5 Å². The molecule has 0 bridgehead atoms. The second-order valence-electron chi connectivity index (χ2n) is 9.77. The van der Waals surface area contributed by atoms with E-state index in [1.165, 1.54) is 4.90 Å². The minimum Gasteiger partial charge on any atom is -0.548 e. The Morgan fingerprint density at radius 1 is 1.17 bits per heavy atom. The number of benzene rings is 1. The number of hydrogen-bond acceptors (Lipinski definition) is 11. The topological polar surface area (TPSA) is 144 Å². The summed E-state index contributed by atoms with van der Waals surface area (Å²) in [5.74, 6) is -1.53. The molecule has 2 saturated heterocycles. The summed E-state index contributed by atoms with van der Waals surface area (Å²) in [6.07, 6.45) is 2.58. The lowest BCUT2D eigenvalue weighted by Gasteiger charge is -2.28. The Morgan fingerprint density at radius 3 is 2.71 bits per heavy atom. The van der Waals surface area contributed by atoms with Crippen molar-refractivity contribution in [2.75, 3.05) is 55.5 Å². The van der Waals surface area contributed by atoms with Gasteiger partial charge in [-0.25, -0.2) is 0 Å². The summed E-state index contributed by atoms with van der Waals surface area (Å²) in [6, 6.07) is 12.1. The molecule has 12 nitrogen and oxygen atoms in total. The zero-order chi connectivity index (χ0) is 28.6. The lowest BCUT2D eigenvalue weighted by atomic mass is 10.0. The maximum atomic E-state index is 13.6. The van der Waals surface area contributed by atoms with E-state index in [0.29, 0.717) is 44.9 Å². The van der Waals surface area contributed by atoms with E-state index in [4.69, 9.17) is 9.26 Å². The number of carboxylic acid groups (broad SMARTS) is 1. The number of carbonyl (C=O) groups excluding carboxylic acids is 3. The van der Waals surface area contributed by atoms with Crippen LogP contribution in [0.3, 0.4) is 0 Å². The summed E-state index contributed by atoms with van der Waals surface area (Å²) in [5, 5.41) is 25.4. The molecule has 0 radical (unpaired) electrons. The second kappa shape index (κ2) is 13.9. The van der Waals surface area contributed by atoms with E-state index < -0.39 is 24.6 Å². The normalized spacial score (nSPS) is 20.4. The van der Waals surface area contributed by atoms with Gasteiger partial charge in [0.2, 0.25) is 17.1 Å². The number of amides is 2. The lowest BCUT2D eigenvalue weighted by Crippen LogP contribution is -2.62. The summed E-state index contributed by atoms with van der Waals surface area (Å²) in [6.45, 7) is 2.16. The molecule has 5 rings (SSSR count). The predicted octanol–water partition coefficient (Wildman–Crippen LogP) is -0.0435. The van der Waals surface area contributed by atoms with Crippen molar-refractivity contribution in [2.45, 2.75) is 30.2 Å². The van der Waals surface area contributed by atoms with Crippen molar-refractivity contribution in [3.63, 3.8) is 0 Å². The first kappa shape index (κ1) is 29.0. The van der Waals surface area contributed by atoms with Gasteiger partial charge in [-0.05, 0) is 29.9 Å². The number of aromatic nitrogens is 2. The molecule has 2 amide bonds. The van der Waals surface area contributed by atoms with E-state index >= 15 is 0 Å². The fourth-order valence-corrected chi connectivity index (χ4v) is 7.05. The predicted molar refractivity (Wildman–Crippen MR) is 151 cm³/mol. The third-order valence-corrected chi connectivity index (χ3v) is 9.37. The number of carboxylic acids is 1. The van der Waals surface area contributed by atoms with Gasteiger partial charge in [0, 0.05) is 17.2 Å². The zero-order valence-electron chi connectivity index (χ0n) is 22.3. The largest absolute Gasteiger partial charge is 0.548 e. The van der Waals surface area contributed by atoms with Crippen molar-refractivity contribution in [1.29, 1.82) is 0 Å². The zero-order valence-corrected chi connectivity index (χ0v) is 24.0. The highest BCUT2D eigenvalue weighted by molar-refractivity contribution is 7.99. The number of hydrogen-bond donors (Lipinski definition) is 2. The summed E-state index contributed by atoms with van der Waals surface area (Å²) in [4.78, 5) is 42.5. The number of morpholine rings is 1. The van der Waals surface area contributed by atoms with Gasteiger partial charge in [-0.15, -0.1) is 28.1 Å². The number of aryl methyl sites for hydroxylation is 1.